The number of nitriles is 1. The van der Waals surface area contributed by atoms with Gasteiger partial charge in [0.15, 0.2) is 14.4 Å². The third-order valence-electron chi connectivity index (χ3n) is 3.51. The number of benzene rings is 1. The second kappa shape index (κ2) is 5.56. The van der Waals surface area contributed by atoms with Crippen LogP contribution in [0.3, 0.4) is 0 Å². The molecule has 2 nitrogen and oxygen atoms in total. The highest BCUT2D eigenvalue weighted by atomic mass is 79.9. The van der Waals surface area contributed by atoms with Crippen LogP contribution in [0.1, 0.15) is 32.4 Å². The zero-order valence-electron chi connectivity index (χ0n) is 11.6. The molecule has 0 heterocycles. The first-order valence-electron chi connectivity index (χ1n) is 6.00. The maximum atomic E-state index is 9.31. The van der Waals surface area contributed by atoms with Gasteiger partial charge in [-0.25, -0.2) is 0 Å². The molecule has 0 aliphatic rings. The molecule has 0 amide bonds. The second-order valence-electron chi connectivity index (χ2n) is 5.94. The fourth-order valence-electron chi connectivity index (χ4n) is 1.28. The van der Waals surface area contributed by atoms with E-state index in [2.05, 4.69) is 55.9 Å². The van der Waals surface area contributed by atoms with Gasteiger partial charge in [0.2, 0.25) is 0 Å². The van der Waals surface area contributed by atoms with Gasteiger partial charge in [0, 0.05) is 4.47 Å². The van der Waals surface area contributed by atoms with Gasteiger partial charge in [-0.3, -0.25) is 0 Å². The summed E-state index contributed by atoms with van der Waals surface area (Å²) >= 11 is 3.39. The molecule has 4 heteroatoms. The molecule has 0 saturated heterocycles. The fraction of sp³-hybridized carbons (Fsp3) is 0.500. The number of hydrogen-bond donors (Lipinski definition) is 0. The average molecular weight is 326 g/mol. The zero-order valence-corrected chi connectivity index (χ0v) is 14.2. The Morgan fingerprint density at radius 1 is 1.22 bits per heavy atom. The van der Waals surface area contributed by atoms with Crippen LogP contribution in [0.2, 0.25) is 18.1 Å². The highest BCUT2D eigenvalue weighted by molar-refractivity contribution is 9.10. The van der Waals surface area contributed by atoms with E-state index in [1.54, 1.807) is 0 Å². The van der Waals surface area contributed by atoms with Crippen molar-refractivity contribution in [2.24, 2.45) is 0 Å². The summed E-state index contributed by atoms with van der Waals surface area (Å²) < 4.78 is 7.15. The topological polar surface area (TPSA) is 33.0 Å². The summed E-state index contributed by atoms with van der Waals surface area (Å²) in [4.78, 5) is 0. The Balaban J connectivity index is 2.94. The van der Waals surface area contributed by atoms with Crippen molar-refractivity contribution in [2.75, 3.05) is 0 Å². The van der Waals surface area contributed by atoms with Crippen molar-refractivity contribution in [2.45, 2.75) is 45.0 Å². The van der Waals surface area contributed by atoms with Gasteiger partial charge < -0.3 is 4.43 Å². The molecule has 98 valence electrons. The lowest BCUT2D eigenvalue weighted by atomic mass is 10.1. The van der Waals surface area contributed by atoms with E-state index in [9.17, 15) is 5.26 Å². The maximum Gasteiger partial charge on any atom is 0.194 e. The van der Waals surface area contributed by atoms with Crippen LogP contribution in [0.15, 0.2) is 28.7 Å². The highest BCUT2D eigenvalue weighted by Crippen LogP contribution is 2.39. The van der Waals surface area contributed by atoms with E-state index >= 15 is 0 Å². The second-order valence-corrected chi connectivity index (χ2v) is 11.6. The number of hydrogen-bond acceptors (Lipinski definition) is 2. The Kier molecular flexibility index (Phi) is 4.76. The summed E-state index contributed by atoms with van der Waals surface area (Å²) in [5.41, 5.74) is 0.922. The van der Waals surface area contributed by atoms with Crippen molar-refractivity contribution in [1.29, 1.82) is 5.26 Å². The van der Waals surface area contributed by atoms with Crippen LogP contribution in [0.25, 0.3) is 0 Å². The molecule has 0 spiro atoms. The first-order valence-corrected chi connectivity index (χ1v) is 9.70. The molecule has 18 heavy (non-hydrogen) atoms. The maximum absolute atomic E-state index is 9.31. The van der Waals surface area contributed by atoms with E-state index in [4.69, 9.17) is 4.43 Å². The van der Waals surface area contributed by atoms with Gasteiger partial charge in [0.1, 0.15) is 0 Å². The highest BCUT2D eigenvalue weighted by Gasteiger charge is 2.39. The Hall–Kier alpha value is -0.633. The van der Waals surface area contributed by atoms with E-state index in [1.165, 1.54) is 0 Å². The van der Waals surface area contributed by atoms with E-state index in [-0.39, 0.29) is 5.04 Å². The summed E-state index contributed by atoms with van der Waals surface area (Å²) in [6, 6.07) is 10.0. The summed E-state index contributed by atoms with van der Waals surface area (Å²) in [6.45, 7) is 10.9. The van der Waals surface area contributed by atoms with Crippen LogP contribution in [0, 0.1) is 11.3 Å². The van der Waals surface area contributed by atoms with Crippen LogP contribution in [-0.4, -0.2) is 8.32 Å². The largest absolute Gasteiger partial charge is 0.398 e. The third-order valence-corrected chi connectivity index (χ3v) is 8.47. The van der Waals surface area contributed by atoms with Gasteiger partial charge >= 0.3 is 0 Å². The quantitative estimate of drug-likeness (QED) is 0.729. The van der Waals surface area contributed by atoms with E-state index in [1.807, 2.05) is 24.3 Å². The summed E-state index contributed by atoms with van der Waals surface area (Å²) in [5, 5.41) is 9.42. The molecule has 0 bridgehead atoms. The summed E-state index contributed by atoms with van der Waals surface area (Å²) in [6.07, 6.45) is -0.473. The molecule has 0 N–H and O–H groups in total. The zero-order chi connectivity index (χ0) is 14.0. The normalized spacial score (nSPS) is 14.1. The van der Waals surface area contributed by atoms with Crippen LogP contribution in [-0.2, 0) is 4.43 Å². The van der Waals surface area contributed by atoms with E-state index in [0.717, 1.165) is 10.0 Å². The molecule has 0 radical (unpaired) electrons. The molecule has 0 saturated carbocycles. The van der Waals surface area contributed by atoms with E-state index in [0.29, 0.717) is 0 Å². The summed E-state index contributed by atoms with van der Waals surface area (Å²) in [5.74, 6) is 0. The Bertz CT molecular complexity index is 442. The van der Waals surface area contributed by atoms with E-state index < -0.39 is 14.4 Å². The molecular formula is C14H20BrNOSi. The van der Waals surface area contributed by atoms with Crippen LogP contribution < -0.4 is 0 Å². The standard InChI is InChI=1S/C14H20BrNOSi/c1-14(2,3)18(4,5)17-13(10-16)11-6-8-12(15)9-7-11/h6-9,13H,1-5H3/t13-/m0/s1. The predicted octanol–water partition coefficient (Wildman–Crippen LogP) is 5.04. The molecule has 1 atom stereocenters. The van der Waals surface area contributed by atoms with Gasteiger partial charge in [-0.1, -0.05) is 48.8 Å². The molecule has 0 aliphatic carbocycles. The number of rotatable bonds is 3. The first-order chi connectivity index (χ1) is 8.17. The molecule has 0 unspecified atom stereocenters. The van der Waals surface area contributed by atoms with Gasteiger partial charge in [-0.05, 0) is 35.8 Å². The average Bonchev–Trinajstić information content (AvgIpc) is 2.25. The third kappa shape index (κ3) is 3.68. The lowest BCUT2D eigenvalue weighted by Crippen LogP contribution is -2.41. The van der Waals surface area contributed by atoms with Gasteiger partial charge in [0.05, 0.1) is 6.07 Å². The minimum atomic E-state index is -1.92. The SMILES string of the molecule is CC(C)(C)[Si](C)(C)O[C@@H](C#N)c1ccc(Br)cc1. The van der Waals surface area contributed by atoms with Gasteiger partial charge in [-0.2, -0.15) is 5.26 Å². The van der Waals surface area contributed by atoms with Crippen molar-refractivity contribution in [3.05, 3.63) is 34.3 Å². The number of nitrogens with zero attached hydrogens (tertiary/aromatic N) is 1. The minimum absolute atomic E-state index is 0.109. The molecule has 1 rings (SSSR count). The molecule has 1 aromatic carbocycles. The fourth-order valence-corrected chi connectivity index (χ4v) is 2.67. The monoisotopic (exact) mass is 325 g/mol. The van der Waals surface area contributed by atoms with Crippen molar-refractivity contribution in [3.63, 3.8) is 0 Å². The summed E-state index contributed by atoms with van der Waals surface area (Å²) in [7, 11) is -1.92. The molecular weight excluding hydrogens is 306 g/mol. The lowest BCUT2D eigenvalue weighted by molar-refractivity contribution is 0.236. The minimum Gasteiger partial charge on any atom is -0.398 e. The van der Waals surface area contributed by atoms with Crippen LogP contribution in [0.4, 0.5) is 0 Å². The van der Waals surface area contributed by atoms with Gasteiger partial charge in [0.25, 0.3) is 0 Å². The Labute approximate surface area is 119 Å². The predicted molar refractivity (Wildman–Crippen MR) is 80.8 cm³/mol. The first kappa shape index (κ1) is 15.4. The van der Waals surface area contributed by atoms with Crippen molar-refractivity contribution in [1.82, 2.24) is 0 Å². The van der Waals surface area contributed by atoms with Crippen molar-refractivity contribution < 1.29 is 4.43 Å². The molecule has 1 aromatic rings. The number of halogens is 1. The molecule has 0 fully saturated rings. The molecule has 0 aliphatic heterocycles. The Morgan fingerprint density at radius 3 is 2.11 bits per heavy atom. The smallest absolute Gasteiger partial charge is 0.194 e. The van der Waals surface area contributed by atoms with Gasteiger partial charge in [-0.15, -0.1) is 0 Å². The van der Waals surface area contributed by atoms with Crippen molar-refractivity contribution in [3.8, 4) is 6.07 Å². The van der Waals surface area contributed by atoms with Crippen LogP contribution >= 0.6 is 15.9 Å². The lowest BCUT2D eigenvalue weighted by Gasteiger charge is -2.37. The molecule has 0 aromatic heterocycles. The van der Waals surface area contributed by atoms with Crippen LogP contribution in [0.5, 0.6) is 0 Å². The Morgan fingerprint density at radius 2 is 1.72 bits per heavy atom. The van der Waals surface area contributed by atoms with Crippen molar-refractivity contribution >= 4 is 24.2 Å².